The molecule has 36 heavy (non-hydrogen) atoms. The third-order valence-corrected chi connectivity index (χ3v) is 5.89. The topological polar surface area (TPSA) is 139 Å². The van der Waals surface area contributed by atoms with Crippen LogP contribution >= 0.6 is 0 Å². The molecule has 1 aliphatic carbocycles. The van der Waals surface area contributed by atoms with Crippen LogP contribution in [-0.4, -0.2) is 71.4 Å². The molecular weight excluding hydrogens is 460 g/mol. The molecule has 4 rings (SSSR count). The van der Waals surface area contributed by atoms with Crippen molar-refractivity contribution in [2.75, 3.05) is 62.0 Å². The number of ether oxygens (including phenoxy) is 1. The maximum absolute atomic E-state index is 5.51. The zero-order valence-corrected chi connectivity index (χ0v) is 21.0. The number of hydrogen-bond acceptors (Lipinski definition) is 12. The molecule has 0 unspecified atom stereocenters. The zero-order valence-electron chi connectivity index (χ0n) is 21.0. The molecule has 2 aliphatic rings. The predicted molar refractivity (Wildman–Crippen MR) is 139 cm³/mol. The standard InChI is InChI=1S/C24H36N10O2/c1-3-21(32-33(2)16-18-4-5-18)29-22-12-23(34-8-10-35-11-9-34)31-24(30-22)28-15-20(36-25)7-6-19-13-26-17-27-14-19/h3,7,12-14,17-18,32H,4-6,8-11,15-16,25H2,1-2H3,(H2,28,29,30,31)/b20-7-,21-3-. The van der Waals surface area contributed by atoms with Crippen molar-refractivity contribution in [2.24, 2.45) is 11.8 Å². The van der Waals surface area contributed by atoms with Crippen LogP contribution < -0.4 is 26.9 Å². The molecule has 1 aliphatic heterocycles. The zero-order chi connectivity index (χ0) is 25.2. The van der Waals surface area contributed by atoms with Gasteiger partial charge in [-0.05, 0) is 49.8 Å². The van der Waals surface area contributed by atoms with Gasteiger partial charge in [0.2, 0.25) is 5.95 Å². The molecule has 194 valence electrons. The third-order valence-electron chi connectivity index (χ3n) is 5.89. The fourth-order valence-electron chi connectivity index (χ4n) is 3.77. The average molecular weight is 497 g/mol. The predicted octanol–water partition coefficient (Wildman–Crippen LogP) is 1.65. The minimum Gasteiger partial charge on any atom is -0.414 e. The number of nitrogens with one attached hydrogen (secondary N) is 3. The number of nitrogens with zero attached hydrogens (tertiary/aromatic N) is 6. The van der Waals surface area contributed by atoms with Gasteiger partial charge in [-0.3, -0.25) is 0 Å². The van der Waals surface area contributed by atoms with Gasteiger partial charge in [0, 0.05) is 45.1 Å². The largest absolute Gasteiger partial charge is 0.414 e. The van der Waals surface area contributed by atoms with Crippen LogP contribution in [0.4, 0.5) is 17.6 Å². The Bertz CT molecular complexity index is 1020. The number of hydrazine groups is 1. The first-order valence-corrected chi connectivity index (χ1v) is 12.3. The maximum atomic E-state index is 5.51. The van der Waals surface area contributed by atoms with Crippen LogP contribution in [0.1, 0.15) is 25.3 Å². The third kappa shape index (κ3) is 8.04. The summed E-state index contributed by atoms with van der Waals surface area (Å²) in [7, 11) is 2.05. The Kier molecular flexibility index (Phi) is 9.25. The van der Waals surface area contributed by atoms with Crippen LogP contribution in [0.3, 0.4) is 0 Å². The Morgan fingerprint density at radius 3 is 2.72 bits per heavy atom. The lowest BCUT2D eigenvalue weighted by molar-refractivity contribution is 0.122. The molecule has 12 nitrogen and oxygen atoms in total. The monoisotopic (exact) mass is 496 g/mol. The number of hydrogen-bond donors (Lipinski definition) is 4. The van der Waals surface area contributed by atoms with Crippen LogP contribution in [0.25, 0.3) is 0 Å². The van der Waals surface area contributed by atoms with Crippen molar-refractivity contribution in [3.8, 4) is 0 Å². The Morgan fingerprint density at radius 2 is 2.03 bits per heavy atom. The van der Waals surface area contributed by atoms with E-state index in [0.717, 1.165) is 42.8 Å². The van der Waals surface area contributed by atoms with Crippen molar-refractivity contribution < 1.29 is 9.57 Å². The summed E-state index contributed by atoms with van der Waals surface area (Å²) in [5.41, 5.74) is 4.37. The van der Waals surface area contributed by atoms with E-state index >= 15 is 0 Å². The summed E-state index contributed by atoms with van der Waals surface area (Å²) in [6, 6.07) is 1.95. The highest BCUT2D eigenvalue weighted by molar-refractivity contribution is 5.56. The first kappa shape index (κ1) is 25.6. The van der Waals surface area contributed by atoms with E-state index in [9.17, 15) is 0 Å². The van der Waals surface area contributed by atoms with Gasteiger partial charge in [0.1, 0.15) is 29.5 Å². The first-order valence-electron chi connectivity index (χ1n) is 12.3. The lowest BCUT2D eigenvalue weighted by atomic mass is 10.2. The Morgan fingerprint density at radius 1 is 1.25 bits per heavy atom. The number of anilines is 3. The fourth-order valence-corrected chi connectivity index (χ4v) is 3.77. The molecule has 2 aromatic heterocycles. The smallest absolute Gasteiger partial charge is 0.227 e. The SMILES string of the molecule is C/C=C(/Nc1cc(N2CCOCC2)nc(NC/C(=C/Cc2cncnc2)ON)n1)NN(C)CC1CC1. The van der Waals surface area contributed by atoms with E-state index in [1.54, 1.807) is 12.4 Å². The molecule has 0 bridgehead atoms. The van der Waals surface area contributed by atoms with Crippen LogP contribution in [-0.2, 0) is 16.0 Å². The number of morpholine rings is 1. The highest BCUT2D eigenvalue weighted by atomic mass is 16.6. The molecule has 0 amide bonds. The van der Waals surface area contributed by atoms with E-state index in [0.29, 0.717) is 43.7 Å². The highest BCUT2D eigenvalue weighted by Gasteiger charge is 2.23. The van der Waals surface area contributed by atoms with Gasteiger partial charge in [-0.2, -0.15) is 15.9 Å². The van der Waals surface area contributed by atoms with Gasteiger partial charge < -0.3 is 30.5 Å². The first-order chi connectivity index (χ1) is 17.6. The summed E-state index contributed by atoms with van der Waals surface area (Å²) < 4.78 is 5.51. The molecule has 0 atom stereocenters. The second-order valence-corrected chi connectivity index (χ2v) is 8.89. The molecule has 3 heterocycles. The lowest BCUT2D eigenvalue weighted by Gasteiger charge is -2.28. The van der Waals surface area contributed by atoms with E-state index < -0.39 is 0 Å². The summed E-state index contributed by atoms with van der Waals surface area (Å²) in [6.07, 6.45) is 12.1. The van der Waals surface area contributed by atoms with E-state index in [1.165, 1.54) is 19.2 Å². The number of allylic oxidation sites excluding steroid dienone is 2. The Balaban J connectivity index is 1.45. The van der Waals surface area contributed by atoms with Crippen molar-refractivity contribution in [2.45, 2.75) is 26.2 Å². The molecule has 1 saturated heterocycles. The van der Waals surface area contributed by atoms with Gasteiger partial charge in [0.25, 0.3) is 0 Å². The maximum Gasteiger partial charge on any atom is 0.227 e. The molecule has 0 spiro atoms. The van der Waals surface area contributed by atoms with Gasteiger partial charge >= 0.3 is 0 Å². The Labute approximate surface area is 211 Å². The van der Waals surface area contributed by atoms with Crippen molar-refractivity contribution in [1.82, 2.24) is 30.4 Å². The number of rotatable bonds is 13. The summed E-state index contributed by atoms with van der Waals surface area (Å²) in [4.78, 5) is 24.7. The van der Waals surface area contributed by atoms with Crippen LogP contribution in [0.5, 0.6) is 0 Å². The van der Waals surface area contributed by atoms with Gasteiger partial charge in [-0.25, -0.2) is 15.0 Å². The van der Waals surface area contributed by atoms with E-state index in [-0.39, 0.29) is 0 Å². The minimum absolute atomic E-state index is 0.328. The van der Waals surface area contributed by atoms with Crippen molar-refractivity contribution in [3.63, 3.8) is 0 Å². The normalized spacial score (nSPS) is 16.7. The van der Waals surface area contributed by atoms with Gasteiger partial charge in [0.15, 0.2) is 0 Å². The van der Waals surface area contributed by atoms with Crippen molar-refractivity contribution >= 4 is 17.6 Å². The summed E-state index contributed by atoms with van der Waals surface area (Å²) in [6.45, 7) is 6.19. The number of aromatic nitrogens is 4. The van der Waals surface area contributed by atoms with E-state index in [2.05, 4.69) is 48.0 Å². The Hall–Kier alpha value is -3.48. The highest BCUT2D eigenvalue weighted by Crippen LogP contribution is 2.29. The lowest BCUT2D eigenvalue weighted by Crippen LogP contribution is -2.38. The molecular formula is C24H36N10O2. The molecule has 2 aromatic rings. The van der Waals surface area contributed by atoms with Crippen LogP contribution in [0, 0.1) is 5.92 Å². The van der Waals surface area contributed by atoms with Gasteiger partial charge in [0.05, 0.1) is 19.8 Å². The summed E-state index contributed by atoms with van der Waals surface area (Å²) in [5, 5.41) is 8.75. The second-order valence-electron chi connectivity index (χ2n) is 8.89. The second kappa shape index (κ2) is 13.0. The fraction of sp³-hybridized carbons (Fsp3) is 0.500. The van der Waals surface area contributed by atoms with Gasteiger partial charge in [-0.15, -0.1) is 0 Å². The average Bonchev–Trinajstić information content (AvgIpc) is 3.73. The molecule has 0 aromatic carbocycles. The quantitative estimate of drug-likeness (QED) is 0.237. The molecule has 0 radical (unpaired) electrons. The molecule has 2 fully saturated rings. The molecule has 1 saturated carbocycles. The van der Waals surface area contributed by atoms with Crippen molar-refractivity contribution in [3.05, 3.63) is 54.1 Å². The summed E-state index contributed by atoms with van der Waals surface area (Å²) in [5.74, 6) is 9.67. The van der Waals surface area contributed by atoms with Crippen molar-refractivity contribution in [1.29, 1.82) is 0 Å². The van der Waals surface area contributed by atoms with E-state index in [1.807, 2.05) is 25.1 Å². The minimum atomic E-state index is 0.328. The van der Waals surface area contributed by atoms with Crippen LogP contribution in [0.2, 0.25) is 0 Å². The molecule has 5 N–H and O–H groups in total. The molecule has 12 heteroatoms. The van der Waals surface area contributed by atoms with E-state index in [4.69, 9.17) is 20.5 Å². The number of nitrogens with two attached hydrogens (primary N) is 1. The summed E-state index contributed by atoms with van der Waals surface area (Å²) >= 11 is 0. The van der Waals surface area contributed by atoms with Crippen LogP contribution in [0.15, 0.2) is 48.5 Å². The van der Waals surface area contributed by atoms with Gasteiger partial charge in [-0.1, -0.05) is 0 Å².